The molecule has 3 atom stereocenters. The van der Waals surface area contributed by atoms with Crippen molar-refractivity contribution in [2.24, 2.45) is 5.92 Å². The maximum Gasteiger partial charge on any atom is 0.325 e. The lowest BCUT2D eigenvalue weighted by molar-refractivity contribution is -0.136. The lowest BCUT2D eigenvalue weighted by atomic mass is 9.73. The Hall–Kier alpha value is -3.06. The van der Waals surface area contributed by atoms with Gasteiger partial charge in [0.2, 0.25) is 5.91 Å². The van der Waals surface area contributed by atoms with Gasteiger partial charge in [-0.15, -0.1) is 0 Å². The zero-order chi connectivity index (χ0) is 23.6. The quantitative estimate of drug-likeness (QED) is 0.523. The van der Waals surface area contributed by atoms with Gasteiger partial charge in [0.05, 0.1) is 10.7 Å². The Morgan fingerprint density at radius 3 is 2.67 bits per heavy atom. The molecule has 8 heteroatoms. The molecule has 4 rings (SSSR count). The predicted octanol–water partition coefficient (Wildman–Crippen LogP) is 4.95. The molecule has 1 spiro atoms. The van der Waals surface area contributed by atoms with Gasteiger partial charge in [0.1, 0.15) is 12.1 Å². The van der Waals surface area contributed by atoms with Crippen LogP contribution < -0.4 is 16.0 Å². The molecule has 0 bridgehead atoms. The van der Waals surface area contributed by atoms with E-state index in [1.165, 1.54) is 0 Å². The van der Waals surface area contributed by atoms with Gasteiger partial charge in [-0.1, -0.05) is 61.7 Å². The summed E-state index contributed by atoms with van der Waals surface area (Å²) in [5.74, 6) is -0.705. The number of carbonyl (C=O) groups is 3. The fourth-order valence-corrected chi connectivity index (χ4v) is 4.99. The van der Waals surface area contributed by atoms with Gasteiger partial charge in [-0.25, -0.2) is 4.79 Å². The summed E-state index contributed by atoms with van der Waals surface area (Å²) in [6.07, 6.45) is 3.43. The van der Waals surface area contributed by atoms with Crippen molar-refractivity contribution < 1.29 is 14.4 Å². The maximum absolute atomic E-state index is 13.0. The van der Waals surface area contributed by atoms with Crippen LogP contribution in [0.4, 0.5) is 16.2 Å². The van der Waals surface area contributed by atoms with E-state index in [-0.39, 0.29) is 24.4 Å². The number of amides is 4. The number of anilines is 2. The molecule has 2 fully saturated rings. The van der Waals surface area contributed by atoms with Crippen molar-refractivity contribution in [2.75, 3.05) is 17.2 Å². The molecular formula is C25H29ClN4O3. The summed E-state index contributed by atoms with van der Waals surface area (Å²) >= 11 is 6.43. The number of halogens is 1. The molecule has 1 aliphatic heterocycles. The van der Waals surface area contributed by atoms with Gasteiger partial charge >= 0.3 is 6.03 Å². The van der Waals surface area contributed by atoms with Crippen molar-refractivity contribution in [2.45, 2.75) is 51.1 Å². The minimum atomic E-state index is -0.873. The van der Waals surface area contributed by atoms with Crippen molar-refractivity contribution in [3.8, 4) is 0 Å². The van der Waals surface area contributed by atoms with Crippen LogP contribution in [0, 0.1) is 5.92 Å². The molecule has 3 unspecified atom stereocenters. The summed E-state index contributed by atoms with van der Waals surface area (Å²) in [6.45, 7) is 3.69. The van der Waals surface area contributed by atoms with E-state index in [9.17, 15) is 14.4 Å². The average molecular weight is 469 g/mol. The van der Waals surface area contributed by atoms with E-state index in [0.717, 1.165) is 35.4 Å². The van der Waals surface area contributed by atoms with Crippen molar-refractivity contribution in [3.05, 3.63) is 59.1 Å². The van der Waals surface area contributed by atoms with Crippen LogP contribution in [0.25, 0.3) is 0 Å². The Labute approximate surface area is 198 Å². The van der Waals surface area contributed by atoms with Crippen LogP contribution in [0.2, 0.25) is 5.02 Å². The second-order valence-electron chi connectivity index (χ2n) is 8.96. The van der Waals surface area contributed by atoms with Gasteiger partial charge in [0, 0.05) is 11.7 Å². The van der Waals surface area contributed by atoms with E-state index < -0.39 is 17.5 Å². The van der Waals surface area contributed by atoms with Crippen LogP contribution in [0.1, 0.15) is 51.1 Å². The van der Waals surface area contributed by atoms with Gasteiger partial charge < -0.3 is 16.0 Å². The molecule has 174 valence electrons. The number of benzene rings is 2. The van der Waals surface area contributed by atoms with E-state index in [2.05, 4.69) is 16.0 Å². The Bertz CT molecular complexity index is 1060. The summed E-state index contributed by atoms with van der Waals surface area (Å²) in [4.78, 5) is 39.2. The molecule has 4 amide bonds. The SMILES string of the molecule is CC(Nc1ccc(NC(=O)CN2C(=O)NC3(CCCCC3C)C2=O)cc1Cl)c1ccccc1. The van der Waals surface area contributed by atoms with Gasteiger partial charge in [-0.2, -0.15) is 0 Å². The first-order valence-corrected chi connectivity index (χ1v) is 11.7. The molecule has 0 radical (unpaired) electrons. The van der Waals surface area contributed by atoms with Crippen LogP contribution in [-0.2, 0) is 9.59 Å². The summed E-state index contributed by atoms with van der Waals surface area (Å²) < 4.78 is 0. The molecule has 2 aromatic rings. The molecular weight excluding hydrogens is 440 g/mol. The van der Waals surface area contributed by atoms with E-state index in [4.69, 9.17) is 11.6 Å². The molecule has 0 aromatic heterocycles. The summed E-state index contributed by atoms with van der Waals surface area (Å²) in [5.41, 5.74) is 1.50. The van der Waals surface area contributed by atoms with Crippen LogP contribution in [-0.4, -0.2) is 34.8 Å². The Kier molecular flexibility index (Phi) is 6.61. The van der Waals surface area contributed by atoms with Gasteiger partial charge in [0.15, 0.2) is 0 Å². The van der Waals surface area contributed by atoms with Crippen LogP contribution in [0.3, 0.4) is 0 Å². The second kappa shape index (κ2) is 9.43. The zero-order valence-corrected chi connectivity index (χ0v) is 19.6. The minimum absolute atomic E-state index is 0.0490. The van der Waals surface area contributed by atoms with E-state index in [1.807, 2.05) is 44.2 Å². The first kappa shape index (κ1) is 23.1. The highest BCUT2D eigenvalue weighted by Gasteiger charge is 2.55. The fraction of sp³-hybridized carbons (Fsp3) is 0.400. The van der Waals surface area contributed by atoms with Crippen LogP contribution >= 0.6 is 11.6 Å². The number of nitrogens with zero attached hydrogens (tertiary/aromatic N) is 1. The second-order valence-corrected chi connectivity index (χ2v) is 9.37. The Morgan fingerprint density at radius 1 is 1.21 bits per heavy atom. The Morgan fingerprint density at radius 2 is 1.97 bits per heavy atom. The molecule has 1 heterocycles. The average Bonchev–Trinajstić information content (AvgIpc) is 3.03. The molecule has 1 saturated carbocycles. The van der Waals surface area contributed by atoms with Crippen LogP contribution in [0.5, 0.6) is 0 Å². The predicted molar refractivity (Wildman–Crippen MR) is 129 cm³/mol. The van der Waals surface area contributed by atoms with Crippen LogP contribution in [0.15, 0.2) is 48.5 Å². The number of imide groups is 1. The van der Waals surface area contributed by atoms with E-state index in [1.54, 1.807) is 18.2 Å². The maximum atomic E-state index is 13.0. The zero-order valence-electron chi connectivity index (χ0n) is 18.9. The highest BCUT2D eigenvalue weighted by atomic mass is 35.5. The lowest BCUT2D eigenvalue weighted by Crippen LogP contribution is -2.54. The van der Waals surface area contributed by atoms with Gasteiger partial charge in [0.25, 0.3) is 5.91 Å². The number of hydrogen-bond donors (Lipinski definition) is 3. The van der Waals surface area contributed by atoms with Crippen molar-refractivity contribution in [1.29, 1.82) is 0 Å². The third-order valence-electron chi connectivity index (χ3n) is 6.73. The summed E-state index contributed by atoms with van der Waals surface area (Å²) in [7, 11) is 0. The first-order valence-electron chi connectivity index (χ1n) is 11.3. The topological polar surface area (TPSA) is 90.5 Å². The number of nitrogens with one attached hydrogen (secondary N) is 3. The first-order chi connectivity index (χ1) is 15.8. The number of carbonyl (C=O) groups excluding carboxylic acids is 3. The lowest BCUT2D eigenvalue weighted by Gasteiger charge is -2.36. The van der Waals surface area contributed by atoms with Gasteiger partial charge in [-0.05, 0) is 49.4 Å². The largest absolute Gasteiger partial charge is 0.377 e. The van der Waals surface area contributed by atoms with E-state index in [0.29, 0.717) is 17.1 Å². The van der Waals surface area contributed by atoms with Crippen molar-refractivity contribution in [3.63, 3.8) is 0 Å². The number of urea groups is 1. The molecule has 33 heavy (non-hydrogen) atoms. The highest BCUT2D eigenvalue weighted by molar-refractivity contribution is 6.33. The monoisotopic (exact) mass is 468 g/mol. The summed E-state index contributed by atoms with van der Waals surface area (Å²) in [5, 5.41) is 9.43. The molecule has 1 saturated heterocycles. The summed E-state index contributed by atoms with van der Waals surface area (Å²) in [6, 6.07) is 14.7. The van der Waals surface area contributed by atoms with E-state index >= 15 is 0 Å². The molecule has 1 aliphatic carbocycles. The molecule has 2 aromatic carbocycles. The molecule has 2 aliphatic rings. The third-order valence-corrected chi connectivity index (χ3v) is 7.04. The standard InChI is InChI=1S/C25H29ClN4O3/c1-16-8-6-7-13-25(16)23(32)30(24(33)29-25)15-22(31)28-19-11-12-21(20(26)14-19)27-17(2)18-9-4-3-5-10-18/h3-5,9-12,14,16-17,27H,6-8,13,15H2,1-2H3,(H,28,31)(H,29,33). The van der Waals surface area contributed by atoms with Gasteiger partial charge in [-0.3, -0.25) is 14.5 Å². The third kappa shape index (κ3) is 4.69. The number of rotatable bonds is 6. The fourth-order valence-electron chi connectivity index (χ4n) is 4.75. The smallest absolute Gasteiger partial charge is 0.325 e. The minimum Gasteiger partial charge on any atom is -0.377 e. The normalized spacial score (nSPS) is 23.4. The molecule has 3 N–H and O–H groups in total. The molecule has 7 nitrogen and oxygen atoms in total. The number of hydrogen-bond acceptors (Lipinski definition) is 4. The Balaban J connectivity index is 1.38. The highest BCUT2D eigenvalue weighted by Crippen LogP contribution is 2.38. The van der Waals surface area contributed by atoms with Crippen molar-refractivity contribution >= 4 is 40.8 Å². The van der Waals surface area contributed by atoms with Crippen molar-refractivity contribution in [1.82, 2.24) is 10.2 Å².